The molecule has 0 saturated carbocycles. The van der Waals surface area contributed by atoms with E-state index in [2.05, 4.69) is 5.32 Å². The molecule has 2 aromatic carbocycles. The van der Waals surface area contributed by atoms with Gasteiger partial charge in [0.2, 0.25) is 21.8 Å². The van der Waals surface area contributed by atoms with Crippen molar-refractivity contribution in [3.63, 3.8) is 0 Å². The number of nitrogens with zero attached hydrogens (tertiary/aromatic N) is 2. The van der Waals surface area contributed by atoms with Gasteiger partial charge in [0.1, 0.15) is 12.6 Å². The molecule has 2 aromatic rings. The van der Waals surface area contributed by atoms with Gasteiger partial charge in [-0.1, -0.05) is 47.8 Å². The Bertz CT molecular complexity index is 1260. The lowest BCUT2D eigenvalue weighted by Crippen LogP contribution is -2.51. The molecule has 37 heavy (non-hydrogen) atoms. The largest absolute Gasteiger partial charge is 0.417 e. The van der Waals surface area contributed by atoms with Crippen molar-refractivity contribution in [2.75, 3.05) is 23.7 Å². The Balaban J connectivity index is 2.48. The minimum Gasteiger partial charge on any atom is -0.354 e. The average molecular weight is 603 g/mol. The van der Waals surface area contributed by atoms with Crippen molar-refractivity contribution in [1.29, 1.82) is 0 Å². The highest BCUT2D eigenvalue weighted by atomic mass is 35.5. The Morgan fingerprint density at radius 3 is 2.19 bits per heavy atom. The summed E-state index contributed by atoms with van der Waals surface area (Å²) in [5.41, 5.74) is -1.17. The number of benzene rings is 2. The molecule has 2 amide bonds. The van der Waals surface area contributed by atoms with E-state index in [1.54, 1.807) is 6.07 Å². The minimum atomic E-state index is -4.86. The summed E-state index contributed by atoms with van der Waals surface area (Å²) in [7, 11) is -4.23. The number of carbonyl (C=O) groups excluding carboxylic acids is 2. The van der Waals surface area contributed by atoms with Crippen molar-refractivity contribution in [3.8, 4) is 0 Å². The van der Waals surface area contributed by atoms with Crippen molar-refractivity contribution >= 4 is 62.3 Å². The van der Waals surface area contributed by atoms with E-state index in [1.807, 2.05) is 6.92 Å². The molecule has 0 bridgehead atoms. The van der Waals surface area contributed by atoms with Crippen LogP contribution in [0, 0.1) is 0 Å². The van der Waals surface area contributed by atoms with Gasteiger partial charge in [0, 0.05) is 13.1 Å². The summed E-state index contributed by atoms with van der Waals surface area (Å²) in [6, 6.07) is 6.03. The number of halogens is 6. The van der Waals surface area contributed by atoms with Crippen LogP contribution in [0.2, 0.25) is 15.1 Å². The van der Waals surface area contributed by atoms with Crippen molar-refractivity contribution in [1.82, 2.24) is 10.2 Å². The fourth-order valence-electron chi connectivity index (χ4n) is 3.31. The topological polar surface area (TPSA) is 86.8 Å². The van der Waals surface area contributed by atoms with E-state index >= 15 is 0 Å². The van der Waals surface area contributed by atoms with Crippen LogP contribution in [-0.2, 0) is 32.3 Å². The summed E-state index contributed by atoms with van der Waals surface area (Å²) in [5, 5.41) is 2.51. The van der Waals surface area contributed by atoms with E-state index in [0.29, 0.717) is 28.9 Å². The van der Waals surface area contributed by atoms with E-state index in [1.165, 1.54) is 19.1 Å². The van der Waals surface area contributed by atoms with Gasteiger partial charge in [-0.15, -0.1) is 0 Å². The first kappa shape index (κ1) is 31.0. The molecule has 14 heteroatoms. The molecule has 0 aliphatic rings. The van der Waals surface area contributed by atoms with Gasteiger partial charge in [-0.2, -0.15) is 13.2 Å². The number of alkyl halides is 3. The molecule has 0 fully saturated rings. The second-order valence-corrected chi connectivity index (χ2v) is 11.3. The SMILES string of the molecule is CCCNC(=O)C(C)N(Cc1ccc(Cl)c(Cl)c1)C(=O)CN(c1ccc(Cl)c(C(F)(F)F)c1)S(C)(=O)=O. The number of nitrogens with one attached hydrogen (secondary N) is 1. The van der Waals surface area contributed by atoms with Gasteiger partial charge in [0.15, 0.2) is 0 Å². The predicted octanol–water partition coefficient (Wildman–Crippen LogP) is 5.38. The van der Waals surface area contributed by atoms with E-state index in [-0.39, 0.29) is 16.6 Å². The number of carbonyl (C=O) groups is 2. The van der Waals surface area contributed by atoms with Crippen LogP contribution in [0.15, 0.2) is 36.4 Å². The molecule has 0 saturated heterocycles. The molecule has 204 valence electrons. The lowest BCUT2D eigenvalue weighted by atomic mass is 10.1. The summed E-state index contributed by atoms with van der Waals surface area (Å²) in [5.74, 6) is -1.33. The maximum Gasteiger partial charge on any atom is 0.417 e. The Morgan fingerprint density at radius 1 is 1.03 bits per heavy atom. The highest BCUT2D eigenvalue weighted by Crippen LogP contribution is 2.37. The monoisotopic (exact) mass is 601 g/mol. The maximum atomic E-state index is 13.4. The second kappa shape index (κ2) is 12.6. The van der Waals surface area contributed by atoms with Crippen molar-refractivity contribution in [3.05, 3.63) is 62.6 Å². The Kier molecular flexibility index (Phi) is 10.5. The Morgan fingerprint density at radius 2 is 1.65 bits per heavy atom. The van der Waals surface area contributed by atoms with Gasteiger partial charge >= 0.3 is 6.18 Å². The lowest BCUT2D eigenvalue weighted by Gasteiger charge is -2.31. The highest BCUT2D eigenvalue weighted by Gasteiger charge is 2.35. The zero-order valence-electron chi connectivity index (χ0n) is 20.1. The van der Waals surface area contributed by atoms with Gasteiger partial charge in [-0.25, -0.2) is 8.42 Å². The number of sulfonamides is 1. The van der Waals surface area contributed by atoms with Crippen LogP contribution in [0.5, 0.6) is 0 Å². The molecule has 0 aliphatic heterocycles. The summed E-state index contributed by atoms with van der Waals surface area (Å²) < 4.78 is 65.8. The first-order chi connectivity index (χ1) is 17.1. The Hall–Kier alpha value is -2.21. The van der Waals surface area contributed by atoms with Crippen LogP contribution >= 0.6 is 34.8 Å². The van der Waals surface area contributed by atoms with Crippen LogP contribution in [0.4, 0.5) is 18.9 Å². The molecule has 0 aromatic heterocycles. The molecule has 1 N–H and O–H groups in total. The standard InChI is InChI=1S/C23H25Cl3F3N3O4S/c1-4-9-30-22(34)14(2)31(12-15-5-7-19(25)20(26)10-15)21(33)13-32(37(3,35)36)16-6-8-18(24)17(11-16)23(27,28)29/h5-8,10-11,14H,4,9,12-13H2,1-3H3,(H,30,34). The summed E-state index contributed by atoms with van der Waals surface area (Å²) in [6.45, 7) is 2.62. The Labute approximate surface area is 228 Å². The zero-order chi connectivity index (χ0) is 28.1. The van der Waals surface area contributed by atoms with Crippen LogP contribution in [-0.4, -0.2) is 50.5 Å². The molecule has 2 rings (SSSR count). The predicted molar refractivity (Wildman–Crippen MR) is 138 cm³/mol. The number of amides is 2. The van der Waals surface area contributed by atoms with Crippen molar-refractivity contribution < 1.29 is 31.2 Å². The molecule has 1 atom stereocenters. The van der Waals surface area contributed by atoms with Gasteiger partial charge in [-0.3, -0.25) is 13.9 Å². The average Bonchev–Trinajstić information content (AvgIpc) is 2.80. The van der Waals surface area contributed by atoms with Gasteiger partial charge in [0.05, 0.1) is 32.6 Å². The third-order valence-corrected chi connectivity index (χ3v) is 7.49. The van der Waals surface area contributed by atoms with Gasteiger partial charge < -0.3 is 10.2 Å². The summed E-state index contributed by atoms with van der Waals surface area (Å²) in [4.78, 5) is 27.2. The molecular weight excluding hydrogens is 578 g/mol. The molecule has 0 radical (unpaired) electrons. The molecule has 0 spiro atoms. The van der Waals surface area contributed by atoms with E-state index < -0.39 is 56.9 Å². The number of hydrogen-bond acceptors (Lipinski definition) is 4. The number of rotatable bonds is 10. The molecule has 7 nitrogen and oxygen atoms in total. The number of hydrogen-bond donors (Lipinski definition) is 1. The summed E-state index contributed by atoms with van der Waals surface area (Å²) in [6.07, 6.45) is -3.46. The van der Waals surface area contributed by atoms with E-state index in [9.17, 15) is 31.2 Å². The van der Waals surface area contributed by atoms with Crippen LogP contribution in [0.25, 0.3) is 0 Å². The number of anilines is 1. The first-order valence-corrected chi connectivity index (χ1v) is 13.9. The minimum absolute atomic E-state index is 0.150. The maximum absolute atomic E-state index is 13.4. The lowest BCUT2D eigenvalue weighted by molar-refractivity contribution is -0.139. The summed E-state index contributed by atoms with van der Waals surface area (Å²) >= 11 is 17.7. The third-order valence-electron chi connectivity index (χ3n) is 5.28. The van der Waals surface area contributed by atoms with Crippen molar-refractivity contribution in [2.45, 2.75) is 39.0 Å². The smallest absolute Gasteiger partial charge is 0.354 e. The molecule has 0 aliphatic carbocycles. The molecule has 1 unspecified atom stereocenters. The van der Waals surface area contributed by atoms with Crippen molar-refractivity contribution in [2.24, 2.45) is 0 Å². The molecule has 0 heterocycles. The first-order valence-electron chi connectivity index (χ1n) is 10.9. The van der Waals surface area contributed by atoms with E-state index in [4.69, 9.17) is 34.8 Å². The van der Waals surface area contributed by atoms with Gasteiger partial charge in [-0.05, 0) is 49.2 Å². The van der Waals surface area contributed by atoms with Crippen LogP contribution in [0.3, 0.4) is 0 Å². The van der Waals surface area contributed by atoms with E-state index in [0.717, 1.165) is 23.3 Å². The molecular formula is C23H25Cl3F3N3O4S. The highest BCUT2D eigenvalue weighted by molar-refractivity contribution is 7.92. The zero-order valence-corrected chi connectivity index (χ0v) is 23.2. The fourth-order valence-corrected chi connectivity index (χ4v) is 4.70. The normalized spacial score (nSPS) is 12.7. The quantitative estimate of drug-likeness (QED) is 0.396. The van der Waals surface area contributed by atoms with Crippen LogP contribution in [0.1, 0.15) is 31.4 Å². The third kappa shape index (κ3) is 8.39. The second-order valence-electron chi connectivity index (χ2n) is 8.17. The van der Waals surface area contributed by atoms with Crippen LogP contribution < -0.4 is 9.62 Å². The fraction of sp³-hybridized carbons (Fsp3) is 0.391. The van der Waals surface area contributed by atoms with Gasteiger partial charge in [0.25, 0.3) is 0 Å².